The van der Waals surface area contributed by atoms with Gasteiger partial charge >= 0.3 is 6.03 Å². The minimum Gasteiger partial charge on any atom is -0.344 e. The molecule has 0 saturated carbocycles. The van der Waals surface area contributed by atoms with Crippen LogP contribution in [0.3, 0.4) is 0 Å². The molecule has 2 fully saturated rings. The Hall–Kier alpha value is -1.76. The summed E-state index contributed by atoms with van der Waals surface area (Å²) in [5.41, 5.74) is 1.27. The van der Waals surface area contributed by atoms with Crippen LogP contribution in [0, 0.1) is 6.92 Å². The van der Waals surface area contributed by atoms with E-state index in [4.69, 9.17) is 16.1 Å². The van der Waals surface area contributed by atoms with Crippen molar-refractivity contribution in [3.05, 3.63) is 16.5 Å². The fraction of sp³-hybridized carbons (Fsp3) is 0.667. The van der Waals surface area contributed by atoms with Gasteiger partial charge in [-0.25, -0.2) is 4.79 Å². The van der Waals surface area contributed by atoms with Crippen LogP contribution >= 0.6 is 11.6 Å². The van der Waals surface area contributed by atoms with Crippen molar-refractivity contribution in [2.24, 2.45) is 0 Å². The van der Waals surface area contributed by atoms with E-state index in [1.165, 1.54) is 0 Å². The Labute approximate surface area is 139 Å². The molecule has 2 saturated heterocycles. The number of aryl methyl sites for hydroxylation is 1. The van der Waals surface area contributed by atoms with Gasteiger partial charge in [-0.05, 0) is 38.8 Å². The van der Waals surface area contributed by atoms with Gasteiger partial charge in [-0.3, -0.25) is 4.79 Å². The first kappa shape index (κ1) is 16.1. The summed E-state index contributed by atoms with van der Waals surface area (Å²) in [4.78, 5) is 28.3. The van der Waals surface area contributed by atoms with Gasteiger partial charge in [0.05, 0.1) is 24.2 Å². The lowest BCUT2D eigenvalue weighted by Gasteiger charge is -2.38. The second-order valence-corrected chi connectivity index (χ2v) is 6.79. The molecule has 7 nitrogen and oxygen atoms in total. The smallest absolute Gasteiger partial charge is 0.318 e. The maximum Gasteiger partial charge on any atom is 0.318 e. The highest BCUT2D eigenvalue weighted by Crippen LogP contribution is 2.26. The average molecular weight is 341 g/mol. The molecule has 1 aromatic heterocycles. The largest absolute Gasteiger partial charge is 0.344 e. The number of carbonyl (C=O) groups excluding carboxylic acids is 2. The number of piperidine rings is 1. The van der Waals surface area contributed by atoms with Gasteiger partial charge in [-0.15, -0.1) is 0 Å². The summed E-state index contributed by atoms with van der Waals surface area (Å²) in [7, 11) is 0. The second-order valence-electron chi connectivity index (χ2n) is 6.45. The van der Waals surface area contributed by atoms with E-state index in [2.05, 4.69) is 10.5 Å². The Morgan fingerprint density at radius 2 is 2.26 bits per heavy atom. The van der Waals surface area contributed by atoms with E-state index in [1.807, 2.05) is 18.7 Å². The van der Waals surface area contributed by atoms with Crippen molar-refractivity contribution < 1.29 is 14.1 Å². The molecule has 1 N–H and O–H groups in total. The summed E-state index contributed by atoms with van der Waals surface area (Å²) in [6, 6.07) is 0.266. The molecule has 0 unspecified atom stereocenters. The van der Waals surface area contributed by atoms with Crippen LogP contribution in [0.2, 0.25) is 5.22 Å². The SMILES string of the molecule is Cc1noc(Cl)c1CC(=O)N1CC[C@H]2[C@@H](C1)NC(=O)N2C(C)C. The number of rotatable bonds is 3. The summed E-state index contributed by atoms with van der Waals surface area (Å²) in [6.45, 7) is 6.95. The van der Waals surface area contributed by atoms with Crippen LogP contribution in [0.15, 0.2) is 4.52 Å². The number of nitrogens with zero attached hydrogens (tertiary/aromatic N) is 3. The van der Waals surface area contributed by atoms with Gasteiger partial charge in [0.1, 0.15) is 0 Å². The van der Waals surface area contributed by atoms with Crippen LogP contribution in [-0.2, 0) is 11.2 Å². The molecular weight excluding hydrogens is 320 g/mol. The Balaban J connectivity index is 1.66. The van der Waals surface area contributed by atoms with Crippen LogP contribution in [0.1, 0.15) is 31.5 Å². The molecule has 0 radical (unpaired) electrons. The van der Waals surface area contributed by atoms with Crippen LogP contribution in [-0.4, -0.2) is 58.1 Å². The first-order valence-corrected chi connectivity index (χ1v) is 8.23. The monoisotopic (exact) mass is 340 g/mol. The number of amides is 3. The predicted octanol–water partition coefficient (Wildman–Crippen LogP) is 1.58. The summed E-state index contributed by atoms with van der Waals surface area (Å²) >= 11 is 5.93. The summed E-state index contributed by atoms with van der Waals surface area (Å²) in [5.74, 6) is -0.0195. The molecule has 126 valence electrons. The van der Waals surface area contributed by atoms with Crippen molar-refractivity contribution in [3.63, 3.8) is 0 Å². The van der Waals surface area contributed by atoms with Crippen molar-refractivity contribution in [1.29, 1.82) is 0 Å². The van der Waals surface area contributed by atoms with Crippen molar-refractivity contribution in [3.8, 4) is 0 Å². The van der Waals surface area contributed by atoms with Crippen molar-refractivity contribution in [2.75, 3.05) is 13.1 Å². The van der Waals surface area contributed by atoms with E-state index in [9.17, 15) is 9.59 Å². The van der Waals surface area contributed by atoms with Crippen LogP contribution in [0.25, 0.3) is 0 Å². The van der Waals surface area contributed by atoms with E-state index < -0.39 is 0 Å². The van der Waals surface area contributed by atoms with Crippen LogP contribution in [0.4, 0.5) is 4.79 Å². The number of carbonyl (C=O) groups is 2. The average Bonchev–Trinajstić information content (AvgIpc) is 2.99. The molecule has 0 bridgehead atoms. The number of hydrogen-bond acceptors (Lipinski definition) is 4. The quantitative estimate of drug-likeness (QED) is 0.906. The first-order chi connectivity index (χ1) is 10.9. The molecule has 2 atom stereocenters. The zero-order chi connectivity index (χ0) is 16.7. The van der Waals surface area contributed by atoms with E-state index >= 15 is 0 Å². The van der Waals surface area contributed by atoms with Gasteiger partial charge in [0, 0.05) is 24.7 Å². The molecule has 8 heteroatoms. The fourth-order valence-electron chi connectivity index (χ4n) is 3.46. The van der Waals surface area contributed by atoms with E-state index in [0.717, 1.165) is 6.42 Å². The lowest BCUT2D eigenvalue weighted by Crippen LogP contribution is -2.54. The van der Waals surface area contributed by atoms with Gasteiger partial charge < -0.3 is 19.6 Å². The van der Waals surface area contributed by atoms with Crippen molar-refractivity contribution in [2.45, 2.75) is 51.7 Å². The van der Waals surface area contributed by atoms with E-state index in [1.54, 1.807) is 11.8 Å². The van der Waals surface area contributed by atoms with E-state index in [-0.39, 0.29) is 41.7 Å². The number of likely N-dealkylation sites (tertiary alicyclic amines) is 1. The Kier molecular flexibility index (Phi) is 4.23. The number of urea groups is 1. The highest BCUT2D eigenvalue weighted by molar-refractivity contribution is 6.29. The van der Waals surface area contributed by atoms with Crippen LogP contribution in [0.5, 0.6) is 0 Å². The van der Waals surface area contributed by atoms with Crippen molar-refractivity contribution in [1.82, 2.24) is 20.3 Å². The number of hydrogen-bond donors (Lipinski definition) is 1. The minimum atomic E-state index is -0.0396. The predicted molar refractivity (Wildman–Crippen MR) is 84.2 cm³/mol. The second kappa shape index (κ2) is 6.03. The fourth-order valence-corrected chi connectivity index (χ4v) is 3.70. The minimum absolute atomic E-state index is 0.0124. The zero-order valence-corrected chi connectivity index (χ0v) is 14.3. The molecule has 3 rings (SSSR count). The van der Waals surface area contributed by atoms with Gasteiger partial charge in [-0.2, -0.15) is 0 Å². The number of nitrogens with one attached hydrogen (secondary N) is 1. The van der Waals surface area contributed by atoms with Gasteiger partial charge in [-0.1, -0.05) is 5.16 Å². The third-order valence-electron chi connectivity index (χ3n) is 4.65. The first-order valence-electron chi connectivity index (χ1n) is 7.85. The van der Waals surface area contributed by atoms with Gasteiger partial charge in [0.25, 0.3) is 0 Å². The number of aromatic nitrogens is 1. The van der Waals surface area contributed by atoms with Gasteiger partial charge in [0.15, 0.2) is 0 Å². The van der Waals surface area contributed by atoms with E-state index in [0.29, 0.717) is 24.3 Å². The standard InChI is InChI=1S/C15H21ClN4O3/c1-8(2)20-12-4-5-19(7-11(12)17-15(20)22)13(21)6-10-9(3)18-23-14(10)16/h8,11-12H,4-7H2,1-3H3,(H,17,22)/t11-,12+/m1/s1. The Morgan fingerprint density at radius 1 is 1.52 bits per heavy atom. The van der Waals surface area contributed by atoms with Crippen molar-refractivity contribution >= 4 is 23.5 Å². The molecular formula is C15H21ClN4O3. The Morgan fingerprint density at radius 3 is 2.87 bits per heavy atom. The summed E-state index contributed by atoms with van der Waals surface area (Å²) in [6.07, 6.45) is 0.955. The molecule has 2 aliphatic heterocycles. The third kappa shape index (κ3) is 2.89. The highest BCUT2D eigenvalue weighted by atomic mass is 35.5. The molecule has 0 spiro atoms. The Bertz CT molecular complexity index is 611. The van der Waals surface area contributed by atoms with Gasteiger partial charge in [0.2, 0.25) is 11.1 Å². The summed E-state index contributed by atoms with van der Waals surface area (Å²) in [5, 5.41) is 6.93. The topological polar surface area (TPSA) is 78.7 Å². The zero-order valence-electron chi connectivity index (χ0n) is 13.5. The lowest BCUT2D eigenvalue weighted by molar-refractivity contribution is -0.132. The molecule has 1 aromatic rings. The maximum absolute atomic E-state index is 12.5. The molecule has 2 aliphatic rings. The highest BCUT2D eigenvalue weighted by Gasteiger charge is 2.44. The number of halogens is 1. The molecule has 3 amide bonds. The molecule has 0 aliphatic carbocycles. The summed E-state index contributed by atoms with van der Waals surface area (Å²) < 4.78 is 4.89. The lowest BCUT2D eigenvalue weighted by atomic mass is 9.98. The molecule has 3 heterocycles. The third-order valence-corrected chi connectivity index (χ3v) is 4.95. The maximum atomic E-state index is 12.5. The molecule has 0 aromatic carbocycles. The number of fused-ring (bicyclic) bond motifs is 1. The van der Waals surface area contributed by atoms with Crippen LogP contribution < -0.4 is 5.32 Å². The normalized spacial score (nSPS) is 24.1. The molecule has 23 heavy (non-hydrogen) atoms.